The Morgan fingerprint density at radius 1 is 0.917 bits per heavy atom. The molecule has 0 fully saturated rings. The first kappa shape index (κ1) is 24.6. The SMILES string of the molecule is CC(=O)Oc1ccc(-n2c(C)cc(/C=N/NC(=O)C(O)(c3ccccc3)c3ccccc3)c2C)cc1. The minimum absolute atomic E-state index is 0.372. The number of carbonyl (C=O) groups excluding carboxylic acids is 2. The quantitative estimate of drug-likeness (QED) is 0.177. The zero-order valence-electron chi connectivity index (χ0n) is 20.3. The van der Waals surface area contributed by atoms with Crippen molar-refractivity contribution in [2.24, 2.45) is 5.10 Å². The summed E-state index contributed by atoms with van der Waals surface area (Å²) in [5.74, 6) is -0.559. The molecule has 0 unspecified atom stereocenters. The Morgan fingerprint density at radius 2 is 1.47 bits per heavy atom. The van der Waals surface area contributed by atoms with Crippen LogP contribution in [0.4, 0.5) is 0 Å². The molecule has 0 aliphatic rings. The van der Waals surface area contributed by atoms with Crippen LogP contribution in [0.5, 0.6) is 5.75 Å². The number of nitrogens with zero attached hydrogens (tertiary/aromatic N) is 2. The number of carbonyl (C=O) groups is 2. The second-order valence-corrected chi connectivity index (χ2v) is 8.39. The normalized spacial score (nSPS) is 11.4. The van der Waals surface area contributed by atoms with Gasteiger partial charge in [0.1, 0.15) is 5.75 Å². The number of hydrogen-bond acceptors (Lipinski definition) is 5. The van der Waals surface area contributed by atoms with E-state index in [1.54, 1.807) is 66.9 Å². The summed E-state index contributed by atoms with van der Waals surface area (Å²) < 4.78 is 7.14. The molecule has 0 radical (unpaired) electrons. The number of aryl methyl sites for hydroxylation is 1. The fourth-order valence-corrected chi connectivity index (χ4v) is 4.17. The van der Waals surface area contributed by atoms with Crippen LogP contribution < -0.4 is 10.2 Å². The van der Waals surface area contributed by atoms with Gasteiger partial charge in [0.2, 0.25) is 0 Å². The molecule has 36 heavy (non-hydrogen) atoms. The molecule has 182 valence electrons. The zero-order valence-corrected chi connectivity index (χ0v) is 20.3. The molecule has 7 heteroatoms. The summed E-state index contributed by atoms with van der Waals surface area (Å²) in [6, 6.07) is 26.7. The Hall–Kier alpha value is -4.49. The van der Waals surface area contributed by atoms with Crippen molar-refractivity contribution in [1.29, 1.82) is 0 Å². The van der Waals surface area contributed by atoms with Crippen molar-refractivity contribution in [2.75, 3.05) is 0 Å². The van der Waals surface area contributed by atoms with Crippen LogP contribution in [0.25, 0.3) is 5.69 Å². The summed E-state index contributed by atoms with van der Waals surface area (Å²) in [5.41, 5.74) is 5.07. The largest absolute Gasteiger partial charge is 0.427 e. The molecule has 4 rings (SSSR count). The molecule has 0 spiro atoms. The molecular formula is C29H27N3O4. The van der Waals surface area contributed by atoms with Crippen molar-refractivity contribution in [2.45, 2.75) is 26.4 Å². The number of hydrogen-bond donors (Lipinski definition) is 2. The van der Waals surface area contributed by atoms with E-state index in [-0.39, 0.29) is 5.97 Å². The molecule has 1 amide bonds. The van der Waals surface area contributed by atoms with Gasteiger partial charge in [-0.1, -0.05) is 60.7 Å². The van der Waals surface area contributed by atoms with E-state index in [9.17, 15) is 14.7 Å². The van der Waals surface area contributed by atoms with Gasteiger partial charge in [0.05, 0.1) is 6.21 Å². The molecule has 0 saturated heterocycles. The van der Waals surface area contributed by atoms with E-state index >= 15 is 0 Å². The Balaban J connectivity index is 1.57. The van der Waals surface area contributed by atoms with Crippen LogP contribution in [0.3, 0.4) is 0 Å². The van der Waals surface area contributed by atoms with E-state index < -0.39 is 11.5 Å². The van der Waals surface area contributed by atoms with E-state index in [1.807, 2.05) is 48.7 Å². The number of nitrogens with one attached hydrogen (secondary N) is 1. The van der Waals surface area contributed by atoms with Gasteiger partial charge in [-0.05, 0) is 55.3 Å². The highest BCUT2D eigenvalue weighted by molar-refractivity contribution is 5.91. The topological polar surface area (TPSA) is 92.9 Å². The lowest BCUT2D eigenvalue weighted by Crippen LogP contribution is -2.43. The van der Waals surface area contributed by atoms with Gasteiger partial charge >= 0.3 is 5.97 Å². The summed E-state index contributed by atoms with van der Waals surface area (Å²) in [6.07, 6.45) is 1.56. The van der Waals surface area contributed by atoms with Crippen molar-refractivity contribution in [3.05, 3.63) is 119 Å². The molecule has 0 aliphatic carbocycles. The zero-order chi connectivity index (χ0) is 25.7. The Morgan fingerprint density at radius 3 is 2.00 bits per heavy atom. The summed E-state index contributed by atoms with van der Waals surface area (Å²) >= 11 is 0. The Labute approximate surface area is 209 Å². The highest BCUT2D eigenvalue weighted by atomic mass is 16.5. The van der Waals surface area contributed by atoms with E-state index in [4.69, 9.17) is 4.74 Å². The molecule has 0 saturated carbocycles. The van der Waals surface area contributed by atoms with Crippen LogP contribution in [0.15, 0.2) is 96.1 Å². The molecule has 1 heterocycles. The van der Waals surface area contributed by atoms with Crippen LogP contribution in [0.1, 0.15) is 35.0 Å². The maximum Gasteiger partial charge on any atom is 0.308 e. The lowest BCUT2D eigenvalue weighted by molar-refractivity contribution is -0.136. The minimum atomic E-state index is -1.90. The van der Waals surface area contributed by atoms with E-state index in [1.165, 1.54) is 6.92 Å². The number of rotatable bonds is 7. The number of esters is 1. The van der Waals surface area contributed by atoms with Gasteiger partial charge in [-0.25, -0.2) is 5.43 Å². The van der Waals surface area contributed by atoms with Crippen LogP contribution in [-0.4, -0.2) is 27.8 Å². The number of amides is 1. The Bertz CT molecular complexity index is 1350. The van der Waals surface area contributed by atoms with Gasteiger partial charge in [0.15, 0.2) is 5.60 Å². The molecular weight excluding hydrogens is 454 g/mol. The standard InChI is InChI=1S/C29H27N3O4/c1-20-18-23(21(2)32(20)26-14-16-27(17-15-26)36-22(3)33)19-30-31-28(34)29(35,24-10-6-4-7-11-24)25-12-8-5-9-13-25/h4-19,35H,1-3H3,(H,31,34)/b30-19+. The minimum Gasteiger partial charge on any atom is -0.427 e. The van der Waals surface area contributed by atoms with Gasteiger partial charge in [0, 0.05) is 29.6 Å². The van der Waals surface area contributed by atoms with Crippen molar-refractivity contribution in [3.63, 3.8) is 0 Å². The number of benzene rings is 3. The molecule has 0 atom stereocenters. The summed E-state index contributed by atoms with van der Waals surface area (Å²) in [6.45, 7) is 5.27. The molecule has 3 aromatic carbocycles. The smallest absolute Gasteiger partial charge is 0.308 e. The predicted molar refractivity (Wildman–Crippen MR) is 138 cm³/mol. The first-order valence-corrected chi connectivity index (χ1v) is 11.5. The van der Waals surface area contributed by atoms with E-state index in [0.717, 1.165) is 22.6 Å². The monoisotopic (exact) mass is 481 g/mol. The van der Waals surface area contributed by atoms with Crippen LogP contribution in [-0.2, 0) is 15.2 Å². The van der Waals surface area contributed by atoms with Gasteiger partial charge in [-0.2, -0.15) is 5.10 Å². The average Bonchev–Trinajstić information content (AvgIpc) is 3.17. The van der Waals surface area contributed by atoms with Gasteiger partial charge < -0.3 is 14.4 Å². The third-order valence-electron chi connectivity index (χ3n) is 5.91. The number of ether oxygens (including phenoxy) is 1. The second kappa shape index (κ2) is 10.4. The average molecular weight is 482 g/mol. The van der Waals surface area contributed by atoms with Crippen LogP contribution >= 0.6 is 0 Å². The van der Waals surface area contributed by atoms with Crippen molar-refractivity contribution in [1.82, 2.24) is 9.99 Å². The molecule has 1 aromatic heterocycles. The second-order valence-electron chi connectivity index (χ2n) is 8.39. The van der Waals surface area contributed by atoms with E-state index in [2.05, 4.69) is 10.5 Å². The number of aromatic nitrogens is 1. The molecule has 7 nitrogen and oxygen atoms in total. The Kier molecular flexibility index (Phi) is 7.12. The molecule has 0 bridgehead atoms. The number of aliphatic hydroxyl groups is 1. The third kappa shape index (κ3) is 4.96. The number of hydrazone groups is 1. The van der Waals surface area contributed by atoms with Gasteiger partial charge in [0.25, 0.3) is 5.91 Å². The highest BCUT2D eigenvalue weighted by Gasteiger charge is 2.39. The maximum atomic E-state index is 13.2. The first-order chi connectivity index (χ1) is 17.3. The van der Waals surface area contributed by atoms with Crippen LogP contribution in [0, 0.1) is 13.8 Å². The molecule has 4 aromatic rings. The third-order valence-corrected chi connectivity index (χ3v) is 5.91. The van der Waals surface area contributed by atoms with E-state index in [0.29, 0.717) is 16.9 Å². The highest BCUT2D eigenvalue weighted by Crippen LogP contribution is 2.30. The van der Waals surface area contributed by atoms with Crippen LogP contribution in [0.2, 0.25) is 0 Å². The maximum absolute atomic E-state index is 13.2. The first-order valence-electron chi connectivity index (χ1n) is 11.5. The summed E-state index contributed by atoms with van der Waals surface area (Å²) in [7, 11) is 0. The van der Waals surface area contributed by atoms with Crippen molar-refractivity contribution < 1.29 is 19.4 Å². The van der Waals surface area contributed by atoms with Gasteiger partial charge in [-0.3, -0.25) is 9.59 Å². The lowest BCUT2D eigenvalue weighted by atomic mass is 9.85. The molecule has 0 aliphatic heterocycles. The summed E-state index contributed by atoms with van der Waals surface area (Å²) in [5, 5.41) is 15.7. The van der Waals surface area contributed by atoms with Crippen molar-refractivity contribution in [3.8, 4) is 11.4 Å². The van der Waals surface area contributed by atoms with Gasteiger partial charge in [-0.15, -0.1) is 0 Å². The van der Waals surface area contributed by atoms with Crippen molar-refractivity contribution >= 4 is 18.1 Å². The molecule has 2 N–H and O–H groups in total. The predicted octanol–water partition coefficient (Wildman–Crippen LogP) is 4.41. The lowest BCUT2D eigenvalue weighted by Gasteiger charge is -2.27. The summed E-state index contributed by atoms with van der Waals surface area (Å²) in [4.78, 5) is 24.4. The fraction of sp³-hybridized carbons (Fsp3) is 0.138. The fourth-order valence-electron chi connectivity index (χ4n) is 4.17.